The summed E-state index contributed by atoms with van der Waals surface area (Å²) in [5, 5.41) is 0. The Kier molecular flexibility index (Phi) is 8.59. The average Bonchev–Trinajstić information content (AvgIpc) is 3.26. The first-order valence-corrected chi connectivity index (χ1v) is 17.9. The van der Waals surface area contributed by atoms with Crippen molar-refractivity contribution in [3.8, 4) is 11.1 Å². The number of hydrogen-bond donors (Lipinski definition) is 0. The van der Waals surface area contributed by atoms with Gasteiger partial charge in [0.1, 0.15) is 0 Å². The number of benzene rings is 2. The van der Waals surface area contributed by atoms with Crippen molar-refractivity contribution in [1.29, 1.82) is 0 Å². The van der Waals surface area contributed by atoms with Gasteiger partial charge in [-0.3, -0.25) is 0 Å². The quantitative estimate of drug-likeness (QED) is 0.544. The van der Waals surface area contributed by atoms with E-state index in [-0.39, 0.29) is 30.2 Å². The molecule has 0 unspecified atom stereocenters. The van der Waals surface area contributed by atoms with Crippen molar-refractivity contribution in [2.45, 2.75) is 48.8 Å². The van der Waals surface area contributed by atoms with Crippen LogP contribution >= 0.6 is 0 Å². The first kappa shape index (κ1) is 23.9. The molecule has 0 N–H and O–H groups in total. The van der Waals surface area contributed by atoms with Crippen LogP contribution in [0.15, 0.2) is 70.0 Å². The summed E-state index contributed by atoms with van der Waals surface area (Å²) >= 11 is -1.90. The van der Waals surface area contributed by atoms with Gasteiger partial charge in [-0.15, -0.1) is 0 Å². The van der Waals surface area contributed by atoms with Crippen molar-refractivity contribution in [1.82, 2.24) is 0 Å². The van der Waals surface area contributed by atoms with E-state index in [9.17, 15) is 0 Å². The molecule has 0 heterocycles. The molecule has 0 amide bonds. The maximum atomic E-state index is 2.51. The summed E-state index contributed by atoms with van der Waals surface area (Å²) in [6.45, 7) is 10.0. The van der Waals surface area contributed by atoms with Crippen LogP contribution in [0.3, 0.4) is 0 Å². The molecule has 0 spiro atoms. The Balaban J connectivity index is 0.00000140. The van der Waals surface area contributed by atoms with E-state index in [1.165, 1.54) is 17.5 Å². The summed E-state index contributed by atoms with van der Waals surface area (Å²) in [5.74, 6) is 0. The number of hydrogen-bond acceptors (Lipinski definition) is 0. The zero-order valence-corrected chi connectivity index (χ0v) is 22.0. The summed E-state index contributed by atoms with van der Waals surface area (Å²) < 4.78 is 2.58. The average molecular weight is 507 g/mol. The number of halogens is 2. The smallest absolute Gasteiger partial charge is 1.00 e. The fraction of sp³-hybridized carbons (Fsp3) is 0.333. The Bertz CT molecular complexity index is 886. The first-order chi connectivity index (χ1) is 12.6. The molecule has 0 radical (unpaired) electrons. The molecule has 28 heavy (non-hydrogen) atoms. The van der Waals surface area contributed by atoms with Crippen LogP contribution in [-0.4, -0.2) is 5.43 Å². The molecule has 0 fully saturated rings. The minimum atomic E-state index is -1.90. The summed E-state index contributed by atoms with van der Waals surface area (Å²) in [5.41, 5.74) is 7.63. The Hall–Kier alpha value is -0.400. The Morgan fingerprint density at radius 2 is 1.32 bits per heavy atom. The minimum Gasteiger partial charge on any atom is -1.00 e. The summed E-state index contributed by atoms with van der Waals surface area (Å²) in [4.78, 5) is 0. The van der Waals surface area contributed by atoms with Crippen LogP contribution in [-0.2, 0) is 20.4 Å². The molecule has 2 aromatic carbocycles. The van der Waals surface area contributed by atoms with Gasteiger partial charge in [-0.05, 0) is 0 Å². The Morgan fingerprint density at radius 3 is 1.75 bits per heavy atom. The molecular weight excluding hydrogens is 478 g/mol. The molecule has 0 bridgehead atoms. The standard InChI is InChI=1S/C13H9.C6H14Si.C5H5.2ClH.Zr/c1-3-7-12-10(5-1)9-11-6-2-4-8-13(11)12;1-5(2)7-6(3)4;1-2-4-5-3-1;;;/h1-9H;5-6H,1-4H3;1-3H,4H2;2*1H;/q;;;;;+2/p-2. The molecule has 0 saturated carbocycles. The van der Waals surface area contributed by atoms with E-state index in [2.05, 4.69) is 94.5 Å². The van der Waals surface area contributed by atoms with Crippen LogP contribution in [0.5, 0.6) is 0 Å². The third kappa shape index (κ3) is 4.22. The second kappa shape index (κ2) is 10.1. The van der Waals surface area contributed by atoms with Gasteiger partial charge in [-0.1, -0.05) is 0 Å². The van der Waals surface area contributed by atoms with Gasteiger partial charge in [0.25, 0.3) is 0 Å². The topological polar surface area (TPSA) is 0 Å². The third-order valence-electron chi connectivity index (χ3n) is 5.79. The van der Waals surface area contributed by atoms with Gasteiger partial charge in [-0.25, -0.2) is 0 Å². The Labute approximate surface area is 190 Å². The van der Waals surface area contributed by atoms with E-state index in [0.29, 0.717) is 0 Å². The summed E-state index contributed by atoms with van der Waals surface area (Å²) in [6.07, 6.45) is 8.45. The SMILES string of the molecule is CC(C)[Si](C(C)C)=[Zr+2]([C]1=CC=CC1)[CH]1c2ccccc2-c2ccccc21.[Cl-].[Cl-]. The normalized spacial score (nSPS) is 14.0. The monoisotopic (exact) mass is 504 g/mol. The number of allylic oxidation sites excluding steroid dienone is 4. The van der Waals surface area contributed by atoms with Crippen LogP contribution in [0.4, 0.5) is 0 Å². The molecule has 146 valence electrons. The van der Waals surface area contributed by atoms with E-state index in [4.69, 9.17) is 0 Å². The molecule has 0 saturated heterocycles. The van der Waals surface area contributed by atoms with Gasteiger partial charge in [0.05, 0.1) is 0 Å². The molecule has 0 aromatic heterocycles. The van der Waals surface area contributed by atoms with E-state index in [1.54, 1.807) is 11.1 Å². The fourth-order valence-corrected chi connectivity index (χ4v) is 30.7. The minimum absolute atomic E-state index is 0. The van der Waals surface area contributed by atoms with E-state index >= 15 is 0 Å². The van der Waals surface area contributed by atoms with Crippen LogP contribution < -0.4 is 24.8 Å². The van der Waals surface area contributed by atoms with Gasteiger partial charge in [-0.2, -0.15) is 0 Å². The summed E-state index contributed by atoms with van der Waals surface area (Å²) in [7, 11) is 0. The van der Waals surface area contributed by atoms with Gasteiger partial charge in [0.15, 0.2) is 0 Å². The maximum Gasteiger partial charge on any atom is -1.00 e. The Morgan fingerprint density at radius 1 is 0.821 bits per heavy atom. The predicted octanol–water partition coefficient (Wildman–Crippen LogP) is 1.04. The molecule has 4 heteroatoms. The molecule has 0 nitrogen and oxygen atoms in total. The first-order valence-electron chi connectivity index (χ1n) is 9.87. The fourth-order valence-electron chi connectivity index (χ4n) is 4.94. The molecule has 2 aliphatic carbocycles. The van der Waals surface area contributed by atoms with E-state index < -0.39 is 20.4 Å². The third-order valence-corrected chi connectivity index (χ3v) is 31.2. The van der Waals surface area contributed by atoms with Gasteiger partial charge in [0.2, 0.25) is 0 Å². The molecule has 2 aromatic rings. The van der Waals surface area contributed by atoms with Crippen LogP contribution in [0.1, 0.15) is 48.9 Å². The van der Waals surface area contributed by atoms with Crippen molar-refractivity contribution in [3.05, 3.63) is 81.2 Å². The molecule has 0 aliphatic heterocycles. The van der Waals surface area contributed by atoms with Crippen molar-refractivity contribution >= 4 is 5.43 Å². The van der Waals surface area contributed by atoms with Crippen LogP contribution in [0, 0.1) is 0 Å². The van der Waals surface area contributed by atoms with Crippen molar-refractivity contribution in [2.75, 3.05) is 0 Å². The van der Waals surface area contributed by atoms with Crippen molar-refractivity contribution < 1.29 is 45.2 Å². The zero-order chi connectivity index (χ0) is 18.3. The maximum absolute atomic E-state index is 2.51. The second-order valence-corrected chi connectivity index (χ2v) is 23.8. The number of rotatable bonds is 4. The van der Waals surface area contributed by atoms with Gasteiger partial charge < -0.3 is 24.8 Å². The van der Waals surface area contributed by atoms with Gasteiger partial charge in [0, 0.05) is 0 Å². The van der Waals surface area contributed by atoms with Gasteiger partial charge >= 0.3 is 167 Å². The molecule has 4 rings (SSSR count). The van der Waals surface area contributed by atoms with Crippen molar-refractivity contribution in [3.63, 3.8) is 0 Å². The number of fused-ring (bicyclic) bond motifs is 3. The molecule has 0 atom stereocenters. The largest absolute Gasteiger partial charge is 1.00 e. The van der Waals surface area contributed by atoms with E-state index in [1.807, 2.05) is 3.28 Å². The zero-order valence-electron chi connectivity index (χ0n) is 17.0. The van der Waals surface area contributed by atoms with Crippen LogP contribution in [0.2, 0.25) is 11.1 Å². The molecular formula is C24H28Cl2SiZr. The molecule has 2 aliphatic rings. The van der Waals surface area contributed by atoms with Crippen LogP contribution in [0.25, 0.3) is 11.1 Å². The second-order valence-electron chi connectivity index (χ2n) is 8.11. The predicted molar refractivity (Wildman–Crippen MR) is 112 cm³/mol. The van der Waals surface area contributed by atoms with Crippen molar-refractivity contribution in [2.24, 2.45) is 0 Å². The summed E-state index contributed by atoms with van der Waals surface area (Å²) in [6, 6.07) is 18.5. The van der Waals surface area contributed by atoms with E-state index in [0.717, 1.165) is 14.7 Å².